The molecule has 3 aromatic heterocycles. The molecule has 10 heteroatoms. The summed E-state index contributed by atoms with van der Waals surface area (Å²) in [5, 5.41) is 19.3. The predicted molar refractivity (Wildman–Crippen MR) is 96.9 cm³/mol. The Morgan fingerprint density at radius 1 is 1.22 bits per heavy atom. The van der Waals surface area contributed by atoms with E-state index in [0.717, 1.165) is 11.3 Å². The minimum Gasteiger partial charge on any atom is -0.460 e. The highest BCUT2D eigenvalue weighted by Gasteiger charge is 2.18. The standard InChI is InChI=1S/C17H15N7O3/c1-9-7-11(4-5-12(9)24(25)26)8-23-16-15(21-22-23)14(19-17(18)20-16)13-6-3-10(2)27-13/h3-7H,8H2,1-2H3,(H2,18,19,20). The van der Waals surface area contributed by atoms with Crippen molar-refractivity contribution in [3.63, 3.8) is 0 Å². The molecular formula is C17H15N7O3. The minimum atomic E-state index is -0.407. The topological polar surface area (TPSA) is 139 Å². The molecule has 0 fully saturated rings. The van der Waals surface area contributed by atoms with Gasteiger partial charge in [0.2, 0.25) is 5.95 Å². The summed E-state index contributed by atoms with van der Waals surface area (Å²) in [6.45, 7) is 3.86. The fraction of sp³-hybridized carbons (Fsp3) is 0.176. The smallest absolute Gasteiger partial charge is 0.272 e. The fourth-order valence-corrected chi connectivity index (χ4v) is 2.91. The molecule has 27 heavy (non-hydrogen) atoms. The third-order valence-electron chi connectivity index (χ3n) is 4.14. The number of benzene rings is 1. The van der Waals surface area contributed by atoms with Crippen LogP contribution in [0.3, 0.4) is 0 Å². The highest BCUT2D eigenvalue weighted by Crippen LogP contribution is 2.27. The van der Waals surface area contributed by atoms with E-state index in [-0.39, 0.29) is 11.6 Å². The Morgan fingerprint density at radius 3 is 2.70 bits per heavy atom. The van der Waals surface area contributed by atoms with Crippen LogP contribution in [-0.2, 0) is 6.54 Å². The van der Waals surface area contributed by atoms with Crippen molar-refractivity contribution >= 4 is 22.8 Å². The molecule has 0 aliphatic carbocycles. The molecule has 0 saturated heterocycles. The first-order valence-corrected chi connectivity index (χ1v) is 8.10. The van der Waals surface area contributed by atoms with Crippen LogP contribution in [0.15, 0.2) is 34.7 Å². The van der Waals surface area contributed by atoms with Gasteiger partial charge in [-0.2, -0.15) is 4.98 Å². The number of rotatable bonds is 4. The van der Waals surface area contributed by atoms with Gasteiger partial charge < -0.3 is 10.2 Å². The van der Waals surface area contributed by atoms with Crippen LogP contribution < -0.4 is 5.73 Å². The van der Waals surface area contributed by atoms with Gasteiger partial charge in [0.25, 0.3) is 5.69 Å². The lowest BCUT2D eigenvalue weighted by molar-refractivity contribution is -0.385. The third kappa shape index (κ3) is 2.97. The number of nitro groups is 1. The van der Waals surface area contributed by atoms with Crippen LogP contribution in [0.5, 0.6) is 0 Å². The first-order chi connectivity index (χ1) is 12.9. The van der Waals surface area contributed by atoms with Crippen molar-refractivity contribution < 1.29 is 9.34 Å². The summed E-state index contributed by atoms with van der Waals surface area (Å²) in [4.78, 5) is 19.0. The number of furan rings is 1. The molecule has 0 aliphatic heterocycles. The zero-order chi connectivity index (χ0) is 19.1. The van der Waals surface area contributed by atoms with Gasteiger partial charge >= 0.3 is 0 Å². The van der Waals surface area contributed by atoms with Crippen molar-refractivity contribution in [2.24, 2.45) is 0 Å². The highest BCUT2D eigenvalue weighted by atomic mass is 16.6. The summed E-state index contributed by atoms with van der Waals surface area (Å²) < 4.78 is 7.20. The van der Waals surface area contributed by atoms with Crippen LogP contribution in [0.1, 0.15) is 16.9 Å². The van der Waals surface area contributed by atoms with Crippen molar-refractivity contribution in [1.29, 1.82) is 0 Å². The fourth-order valence-electron chi connectivity index (χ4n) is 2.91. The molecule has 2 N–H and O–H groups in total. The molecule has 0 saturated carbocycles. The SMILES string of the molecule is Cc1ccc(-c2nc(N)nc3c2nnn3Cc2ccc([N+](=O)[O-])c(C)c2)o1. The van der Waals surface area contributed by atoms with Gasteiger partial charge in [0.05, 0.1) is 11.5 Å². The molecule has 4 aromatic rings. The van der Waals surface area contributed by atoms with Crippen LogP contribution in [0.4, 0.5) is 11.6 Å². The molecule has 0 radical (unpaired) electrons. The maximum absolute atomic E-state index is 11.0. The van der Waals surface area contributed by atoms with Gasteiger partial charge in [-0.05, 0) is 37.6 Å². The number of fused-ring (bicyclic) bond motifs is 1. The number of hydrogen-bond acceptors (Lipinski definition) is 8. The van der Waals surface area contributed by atoms with Gasteiger partial charge in [-0.15, -0.1) is 5.10 Å². The van der Waals surface area contributed by atoms with Crippen molar-refractivity contribution in [2.75, 3.05) is 5.73 Å². The van der Waals surface area contributed by atoms with E-state index in [0.29, 0.717) is 34.7 Å². The van der Waals surface area contributed by atoms with Crippen LogP contribution in [0.25, 0.3) is 22.6 Å². The van der Waals surface area contributed by atoms with Crippen molar-refractivity contribution in [3.05, 3.63) is 57.3 Å². The number of nitro benzene ring substituents is 1. The monoisotopic (exact) mass is 365 g/mol. The maximum Gasteiger partial charge on any atom is 0.272 e. The lowest BCUT2D eigenvalue weighted by Crippen LogP contribution is -2.05. The van der Waals surface area contributed by atoms with E-state index in [4.69, 9.17) is 10.2 Å². The number of nitrogens with zero attached hydrogens (tertiary/aromatic N) is 6. The molecule has 3 heterocycles. The summed E-state index contributed by atoms with van der Waals surface area (Å²) in [5.41, 5.74) is 8.74. The second kappa shape index (κ2) is 6.16. The summed E-state index contributed by atoms with van der Waals surface area (Å²) >= 11 is 0. The molecule has 10 nitrogen and oxygen atoms in total. The van der Waals surface area contributed by atoms with Crippen molar-refractivity contribution in [3.8, 4) is 11.5 Å². The lowest BCUT2D eigenvalue weighted by Gasteiger charge is -2.05. The zero-order valence-electron chi connectivity index (χ0n) is 14.6. The average Bonchev–Trinajstić information content (AvgIpc) is 3.21. The van der Waals surface area contributed by atoms with Gasteiger partial charge in [-0.3, -0.25) is 10.1 Å². The zero-order valence-corrected chi connectivity index (χ0v) is 14.6. The number of anilines is 1. The highest BCUT2D eigenvalue weighted by molar-refractivity contribution is 5.86. The number of aromatic nitrogens is 5. The quantitative estimate of drug-likeness (QED) is 0.430. The summed E-state index contributed by atoms with van der Waals surface area (Å²) in [6, 6.07) is 8.51. The van der Waals surface area contributed by atoms with E-state index in [2.05, 4.69) is 20.3 Å². The molecule has 0 bridgehead atoms. The summed E-state index contributed by atoms with van der Waals surface area (Å²) in [6.07, 6.45) is 0. The first kappa shape index (κ1) is 16.6. The number of hydrogen-bond donors (Lipinski definition) is 1. The van der Waals surface area contributed by atoms with Gasteiger partial charge in [-0.1, -0.05) is 11.3 Å². The summed E-state index contributed by atoms with van der Waals surface area (Å²) in [5.74, 6) is 1.35. The normalized spacial score (nSPS) is 11.2. The Kier molecular flexibility index (Phi) is 3.80. The predicted octanol–water partition coefficient (Wildman–Crippen LogP) is 2.64. The van der Waals surface area contributed by atoms with Crippen molar-refractivity contribution in [2.45, 2.75) is 20.4 Å². The van der Waals surface area contributed by atoms with Gasteiger partial charge in [0.1, 0.15) is 11.5 Å². The third-order valence-corrected chi connectivity index (χ3v) is 4.14. The minimum absolute atomic E-state index is 0.0734. The van der Waals surface area contributed by atoms with E-state index in [9.17, 15) is 10.1 Å². The summed E-state index contributed by atoms with van der Waals surface area (Å²) in [7, 11) is 0. The van der Waals surface area contributed by atoms with E-state index >= 15 is 0 Å². The largest absolute Gasteiger partial charge is 0.460 e. The number of aryl methyl sites for hydroxylation is 2. The van der Waals surface area contributed by atoms with Gasteiger partial charge in [0, 0.05) is 11.6 Å². The molecule has 0 spiro atoms. The Balaban J connectivity index is 1.77. The second-order valence-electron chi connectivity index (χ2n) is 6.14. The molecule has 0 atom stereocenters. The number of nitrogen functional groups attached to an aromatic ring is 1. The molecular weight excluding hydrogens is 350 g/mol. The average molecular weight is 365 g/mol. The molecule has 136 valence electrons. The molecule has 0 unspecified atom stereocenters. The molecule has 0 aliphatic rings. The Bertz CT molecular complexity index is 1180. The maximum atomic E-state index is 11.0. The second-order valence-corrected chi connectivity index (χ2v) is 6.14. The van der Waals surface area contributed by atoms with Gasteiger partial charge in [-0.25, -0.2) is 9.67 Å². The Hall–Kier alpha value is -3.82. The van der Waals surface area contributed by atoms with E-state index in [1.165, 1.54) is 6.07 Å². The van der Waals surface area contributed by atoms with Crippen LogP contribution in [-0.4, -0.2) is 29.9 Å². The van der Waals surface area contributed by atoms with Crippen LogP contribution in [0.2, 0.25) is 0 Å². The first-order valence-electron chi connectivity index (χ1n) is 8.10. The van der Waals surface area contributed by atoms with Gasteiger partial charge in [0.15, 0.2) is 16.9 Å². The number of nitrogens with two attached hydrogens (primary N) is 1. The Labute approximate surface area is 152 Å². The lowest BCUT2D eigenvalue weighted by atomic mass is 10.1. The van der Waals surface area contributed by atoms with E-state index < -0.39 is 4.92 Å². The molecule has 1 aromatic carbocycles. The molecule has 0 amide bonds. The van der Waals surface area contributed by atoms with E-state index in [1.807, 2.05) is 13.0 Å². The Morgan fingerprint density at radius 2 is 2.04 bits per heavy atom. The van der Waals surface area contributed by atoms with Crippen molar-refractivity contribution in [1.82, 2.24) is 25.0 Å². The molecule has 4 rings (SSSR count). The van der Waals surface area contributed by atoms with E-state index in [1.54, 1.807) is 29.8 Å². The van der Waals surface area contributed by atoms with Crippen LogP contribution >= 0.6 is 0 Å². The van der Waals surface area contributed by atoms with Crippen LogP contribution in [0, 0.1) is 24.0 Å².